The maximum absolute atomic E-state index is 3.57. The van der Waals surface area contributed by atoms with Crippen molar-refractivity contribution in [2.24, 2.45) is 5.92 Å². The Kier molecular flexibility index (Phi) is 6.85. The minimum Gasteiger partial charge on any atom is -0.384 e. The molecule has 0 amide bonds. The second-order valence-electron chi connectivity index (χ2n) is 4.28. The molecule has 0 spiro atoms. The van der Waals surface area contributed by atoms with Crippen LogP contribution in [0.3, 0.4) is 0 Å². The summed E-state index contributed by atoms with van der Waals surface area (Å²) in [4.78, 5) is 0. The molecular formula is C14H22IN. The average molecular weight is 331 g/mol. The molecule has 1 nitrogen and oxygen atoms in total. The van der Waals surface area contributed by atoms with Crippen molar-refractivity contribution in [1.82, 2.24) is 0 Å². The normalized spacial score (nSPS) is 12.4. The Hall–Kier alpha value is -0.250. The number of rotatable bonds is 7. The molecule has 1 unspecified atom stereocenters. The average Bonchev–Trinajstić information content (AvgIpc) is 2.31. The highest BCUT2D eigenvalue weighted by Crippen LogP contribution is 2.19. The molecule has 0 aliphatic rings. The monoisotopic (exact) mass is 331 g/mol. The first-order valence-corrected chi connectivity index (χ1v) is 7.34. The lowest BCUT2D eigenvalue weighted by Gasteiger charge is -2.16. The predicted molar refractivity (Wildman–Crippen MR) is 81.0 cm³/mol. The van der Waals surface area contributed by atoms with Crippen molar-refractivity contribution in [2.45, 2.75) is 39.5 Å². The summed E-state index contributed by atoms with van der Waals surface area (Å²) in [6.07, 6.45) is 5.28. The van der Waals surface area contributed by atoms with Crippen LogP contribution in [0, 0.1) is 9.49 Å². The molecule has 90 valence electrons. The molecule has 0 aliphatic heterocycles. The fraction of sp³-hybridized carbons (Fsp3) is 0.571. The van der Waals surface area contributed by atoms with E-state index in [2.05, 4.69) is 66.0 Å². The summed E-state index contributed by atoms with van der Waals surface area (Å²) >= 11 is 2.39. The molecule has 2 heteroatoms. The zero-order chi connectivity index (χ0) is 11.8. The van der Waals surface area contributed by atoms with Crippen LogP contribution in [0.1, 0.15) is 39.5 Å². The highest BCUT2D eigenvalue weighted by molar-refractivity contribution is 14.1. The van der Waals surface area contributed by atoms with Gasteiger partial charge in [-0.2, -0.15) is 0 Å². The second-order valence-corrected chi connectivity index (χ2v) is 5.44. The van der Waals surface area contributed by atoms with Crippen LogP contribution in [0.25, 0.3) is 0 Å². The van der Waals surface area contributed by atoms with Crippen molar-refractivity contribution in [3.8, 4) is 0 Å². The summed E-state index contributed by atoms with van der Waals surface area (Å²) in [7, 11) is 0. The third-order valence-corrected chi connectivity index (χ3v) is 3.94. The van der Waals surface area contributed by atoms with Gasteiger partial charge in [0.25, 0.3) is 0 Å². The lowest BCUT2D eigenvalue weighted by atomic mass is 9.99. The van der Waals surface area contributed by atoms with E-state index in [4.69, 9.17) is 0 Å². The van der Waals surface area contributed by atoms with E-state index in [1.807, 2.05) is 0 Å². The van der Waals surface area contributed by atoms with E-state index in [-0.39, 0.29) is 0 Å². The highest BCUT2D eigenvalue weighted by Gasteiger charge is 2.06. The number of anilines is 1. The molecule has 1 aromatic carbocycles. The molecule has 0 fully saturated rings. The molecule has 0 saturated carbocycles. The third kappa shape index (κ3) is 4.73. The number of halogens is 1. The first-order valence-electron chi connectivity index (χ1n) is 6.26. The summed E-state index contributed by atoms with van der Waals surface area (Å²) in [5.41, 5.74) is 1.28. The van der Waals surface area contributed by atoms with Crippen LogP contribution in [0.2, 0.25) is 0 Å². The Bertz CT molecular complexity index is 299. The first kappa shape index (κ1) is 13.8. The predicted octanol–water partition coefficient (Wildman–Crippen LogP) is 4.92. The highest BCUT2D eigenvalue weighted by atomic mass is 127. The van der Waals surface area contributed by atoms with Crippen LogP contribution >= 0.6 is 22.6 Å². The van der Waals surface area contributed by atoms with E-state index >= 15 is 0 Å². The minimum absolute atomic E-state index is 0.816. The van der Waals surface area contributed by atoms with Gasteiger partial charge in [0.05, 0.1) is 0 Å². The first-order chi connectivity index (χ1) is 7.77. The summed E-state index contributed by atoms with van der Waals surface area (Å²) in [6.45, 7) is 5.66. The maximum atomic E-state index is 3.57. The largest absolute Gasteiger partial charge is 0.384 e. The van der Waals surface area contributed by atoms with E-state index < -0.39 is 0 Å². The van der Waals surface area contributed by atoms with Crippen molar-refractivity contribution in [2.75, 3.05) is 11.9 Å². The van der Waals surface area contributed by atoms with Crippen molar-refractivity contribution in [3.63, 3.8) is 0 Å². The van der Waals surface area contributed by atoms with Gasteiger partial charge >= 0.3 is 0 Å². The van der Waals surface area contributed by atoms with Gasteiger partial charge in [-0.1, -0.05) is 45.2 Å². The lowest BCUT2D eigenvalue weighted by molar-refractivity contribution is 0.473. The van der Waals surface area contributed by atoms with Gasteiger partial charge in [0, 0.05) is 15.8 Å². The summed E-state index contributed by atoms with van der Waals surface area (Å²) < 4.78 is 1.31. The SMILES string of the molecule is CCCCC(CC)CNc1ccccc1I. The zero-order valence-electron chi connectivity index (χ0n) is 10.3. The van der Waals surface area contributed by atoms with E-state index in [9.17, 15) is 0 Å². The number of hydrogen-bond donors (Lipinski definition) is 1. The summed E-state index contributed by atoms with van der Waals surface area (Å²) in [5, 5.41) is 3.57. The van der Waals surface area contributed by atoms with E-state index in [0.717, 1.165) is 12.5 Å². The number of para-hydroxylation sites is 1. The Labute approximate surface area is 113 Å². The van der Waals surface area contributed by atoms with Crippen molar-refractivity contribution in [1.29, 1.82) is 0 Å². The van der Waals surface area contributed by atoms with Crippen LogP contribution in [0.4, 0.5) is 5.69 Å². The van der Waals surface area contributed by atoms with Crippen LogP contribution in [0.5, 0.6) is 0 Å². The summed E-state index contributed by atoms with van der Waals surface area (Å²) in [6, 6.07) is 8.49. The van der Waals surface area contributed by atoms with Crippen molar-refractivity contribution in [3.05, 3.63) is 27.8 Å². The molecule has 0 radical (unpaired) electrons. The van der Waals surface area contributed by atoms with Crippen molar-refractivity contribution >= 4 is 28.3 Å². The molecule has 16 heavy (non-hydrogen) atoms. The fourth-order valence-electron chi connectivity index (χ4n) is 1.80. The van der Waals surface area contributed by atoms with E-state index in [0.29, 0.717) is 0 Å². The number of nitrogens with one attached hydrogen (secondary N) is 1. The molecule has 0 heterocycles. The maximum Gasteiger partial charge on any atom is 0.0475 e. The molecule has 1 aromatic rings. The van der Waals surface area contributed by atoms with Gasteiger partial charge in [-0.05, 0) is 47.1 Å². The number of unbranched alkanes of at least 4 members (excludes halogenated alkanes) is 1. The zero-order valence-corrected chi connectivity index (χ0v) is 12.5. The Morgan fingerprint density at radius 1 is 1.25 bits per heavy atom. The molecule has 0 bridgehead atoms. The molecule has 0 aromatic heterocycles. The molecule has 1 N–H and O–H groups in total. The van der Waals surface area contributed by atoms with Crippen molar-refractivity contribution < 1.29 is 0 Å². The Balaban J connectivity index is 2.40. The Morgan fingerprint density at radius 2 is 2.00 bits per heavy atom. The molecule has 1 rings (SSSR count). The molecule has 0 saturated heterocycles. The quantitative estimate of drug-likeness (QED) is 0.699. The minimum atomic E-state index is 0.816. The lowest BCUT2D eigenvalue weighted by Crippen LogP contribution is -2.14. The van der Waals surface area contributed by atoms with Crippen LogP contribution in [-0.2, 0) is 0 Å². The van der Waals surface area contributed by atoms with Gasteiger partial charge in [0.1, 0.15) is 0 Å². The van der Waals surface area contributed by atoms with E-state index in [1.165, 1.54) is 34.9 Å². The van der Waals surface area contributed by atoms with Crippen LogP contribution in [0.15, 0.2) is 24.3 Å². The number of hydrogen-bond acceptors (Lipinski definition) is 1. The summed E-state index contributed by atoms with van der Waals surface area (Å²) in [5.74, 6) is 0.816. The smallest absolute Gasteiger partial charge is 0.0475 e. The van der Waals surface area contributed by atoms with Gasteiger partial charge in [-0.3, -0.25) is 0 Å². The number of benzene rings is 1. The standard InChI is InChI=1S/C14H22IN/c1-3-5-8-12(4-2)11-16-14-10-7-6-9-13(14)15/h6-7,9-10,12,16H,3-5,8,11H2,1-2H3. The molecule has 0 aliphatic carbocycles. The topological polar surface area (TPSA) is 12.0 Å². The van der Waals surface area contributed by atoms with Gasteiger partial charge in [0.2, 0.25) is 0 Å². The third-order valence-electron chi connectivity index (χ3n) is 3.00. The van der Waals surface area contributed by atoms with Gasteiger partial charge < -0.3 is 5.32 Å². The van der Waals surface area contributed by atoms with Crippen LogP contribution < -0.4 is 5.32 Å². The Morgan fingerprint density at radius 3 is 2.62 bits per heavy atom. The van der Waals surface area contributed by atoms with E-state index in [1.54, 1.807) is 0 Å². The van der Waals surface area contributed by atoms with Gasteiger partial charge in [-0.15, -0.1) is 0 Å². The van der Waals surface area contributed by atoms with Gasteiger partial charge in [-0.25, -0.2) is 0 Å². The van der Waals surface area contributed by atoms with Gasteiger partial charge in [0.15, 0.2) is 0 Å². The molecule has 1 atom stereocenters. The second kappa shape index (κ2) is 7.93. The fourth-order valence-corrected chi connectivity index (χ4v) is 2.38. The van der Waals surface area contributed by atoms with Crippen LogP contribution in [-0.4, -0.2) is 6.54 Å². The molecular weight excluding hydrogens is 309 g/mol.